The Morgan fingerprint density at radius 2 is 2.43 bits per heavy atom. The molecule has 0 radical (unpaired) electrons. The largest absolute Gasteiger partial charge is 0.470 e. The highest BCUT2D eigenvalue weighted by atomic mass is 35.5. The van der Waals surface area contributed by atoms with Crippen LogP contribution in [0.2, 0.25) is 5.15 Å². The van der Waals surface area contributed by atoms with Gasteiger partial charge in [0.2, 0.25) is 5.88 Å². The van der Waals surface area contributed by atoms with E-state index in [-0.39, 0.29) is 6.10 Å². The zero-order valence-electron chi connectivity index (χ0n) is 7.57. The summed E-state index contributed by atoms with van der Waals surface area (Å²) in [7, 11) is 0. The molecule has 1 fully saturated rings. The van der Waals surface area contributed by atoms with Crippen LogP contribution < -0.4 is 10.5 Å². The van der Waals surface area contributed by atoms with E-state index in [1.807, 2.05) is 0 Å². The van der Waals surface area contributed by atoms with Crippen LogP contribution in [-0.4, -0.2) is 24.3 Å². The molecule has 2 heterocycles. The number of aromatic nitrogens is 1. The van der Waals surface area contributed by atoms with E-state index in [2.05, 4.69) is 4.98 Å². The maximum absolute atomic E-state index is 5.72. The van der Waals surface area contributed by atoms with Crippen LogP contribution in [0.3, 0.4) is 0 Å². The third kappa shape index (κ3) is 2.08. The first-order valence-electron chi connectivity index (χ1n) is 4.42. The third-order valence-electron chi connectivity index (χ3n) is 2.02. The molecule has 1 aromatic heterocycles. The Balaban J connectivity index is 2.10. The number of ether oxygens (including phenoxy) is 2. The van der Waals surface area contributed by atoms with E-state index in [1.165, 1.54) is 0 Å². The highest BCUT2D eigenvalue weighted by Crippen LogP contribution is 2.23. The number of pyridine rings is 1. The Hall–Kier alpha value is -1.00. The lowest BCUT2D eigenvalue weighted by Crippen LogP contribution is -2.17. The summed E-state index contributed by atoms with van der Waals surface area (Å²) in [5.41, 5.74) is 6.18. The molecule has 1 atom stereocenters. The van der Waals surface area contributed by atoms with Gasteiger partial charge in [0, 0.05) is 6.42 Å². The number of nitrogens with two attached hydrogens (primary N) is 1. The normalized spacial score (nSPS) is 21.1. The zero-order chi connectivity index (χ0) is 9.97. The summed E-state index contributed by atoms with van der Waals surface area (Å²) in [6, 6.07) is 3.31. The van der Waals surface area contributed by atoms with Gasteiger partial charge >= 0.3 is 0 Å². The van der Waals surface area contributed by atoms with E-state index in [0.717, 1.165) is 13.0 Å². The van der Waals surface area contributed by atoms with Gasteiger partial charge in [-0.25, -0.2) is 0 Å². The van der Waals surface area contributed by atoms with Gasteiger partial charge in [0.1, 0.15) is 11.3 Å². The SMILES string of the molecule is Nc1ccc(Cl)nc1OC1CCOC1. The van der Waals surface area contributed by atoms with Crippen molar-refractivity contribution >= 4 is 17.3 Å². The molecule has 0 amide bonds. The first-order chi connectivity index (χ1) is 6.75. The first kappa shape index (κ1) is 9.55. The molecule has 5 heteroatoms. The topological polar surface area (TPSA) is 57.4 Å². The maximum Gasteiger partial charge on any atom is 0.238 e. The lowest BCUT2D eigenvalue weighted by atomic mass is 10.3. The van der Waals surface area contributed by atoms with Crippen molar-refractivity contribution in [2.24, 2.45) is 0 Å². The van der Waals surface area contributed by atoms with E-state index in [4.69, 9.17) is 26.8 Å². The smallest absolute Gasteiger partial charge is 0.238 e. The molecule has 4 nitrogen and oxygen atoms in total. The lowest BCUT2D eigenvalue weighted by Gasteiger charge is -2.12. The number of nitrogen functional groups attached to an aromatic ring is 1. The molecule has 0 bridgehead atoms. The Morgan fingerprint density at radius 1 is 1.57 bits per heavy atom. The van der Waals surface area contributed by atoms with Crippen LogP contribution in [0.1, 0.15) is 6.42 Å². The molecule has 1 saturated heterocycles. The van der Waals surface area contributed by atoms with E-state index in [9.17, 15) is 0 Å². The Bertz CT molecular complexity index is 327. The molecule has 0 aliphatic carbocycles. The highest BCUT2D eigenvalue weighted by molar-refractivity contribution is 6.29. The Labute approximate surface area is 87.0 Å². The van der Waals surface area contributed by atoms with E-state index in [1.54, 1.807) is 12.1 Å². The standard InChI is InChI=1S/C9H11ClN2O2/c10-8-2-1-7(11)9(12-8)14-6-3-4-13-5-6/h1-2,6H,3-5,11H2. The number of rotatable bonds is 2. The molecule has 14 heavy (non-hydrogen) atoms. The van der Waals surface area contributed by atoms with Gasteiger partial charge in [-0.1, -0.05) is 11.6 Å². The second-order valence-electron chi connectivity index (χ2n) is 3.13. The van der Waals surface area contributed by atoms with Gasteiger partial charge < -0.3 is 15.2 Å². The summed E-state index contributed by atoms with van der Waals surface area (Å²) in [6.45, 7) is 1.32. The molecular weight excluding hydrogens is 204 g/mol. The minimum atomic E-state index is 0.0447. The molecule has 1 aromatic rings. The molecular formula is C9H11ClN2O2. The fourth-order valence-electron chi connectivity index (χ4n) is 1.29. The predicted octanol–water partition coefficient (Wildman–Crippen LogP) is 1.48. The monoisotopic (exact) mass is 214 g/mol. The van der Waals surface area contributed by atoms with Gasteiger partial charge in [-0.2, -0.15) is 4.98 Å². The van der Waals surface area contributed by atoms with Gasteiger partial charge in [-0.05, 0) is 12.1 Å². The summed E-state index contributed by atoms with van der Waals surface area (Å²) >= 11 is 5.72. The minimum Gasteiger partial charge on any atom is -0.470 e. The number of anilines is 1. The zero-order valence-corrected chi connectivity index (χ0v) is 8.33. The van der Waals surface area contributed by atoms with Crippen molar-refractivity contribution in [1.82, 2.24) is 4.98 Å². The summed E-state index contributed by atoms with van der Waals surface area (Å²) < 4.78 is 10.7. The fourth-order valence-corrected chi connectivity index (χ4v) is 1.43. The van der Waals surface area contributed by atoms with Crippen molar-refractivity contribution in [2.75, 3.05) is 18.9 Å². The van der Waals surface area contributed by atoms with Crippen molar-refractivity contribution in [3.63, 3.8) is 0 Å². The van der Waals surface area contributed by atoms with Gasteiger partial charge in [-0.15, -0.1) is 0 Å². The lowest BCUT2D eigenvalue weighted by molar-refractivity contribution is 0.138. The Morgan fingerprint density at radius 3 is 3.14 bits per heavy atom. The molecule has 0 saturated carbocycles. The van der Waals surface area contributed by atoms with Crippen LogP contribution in [0.25, 0.3) is 0 Å². The molecule has 2 rings (SSSR count). The fraction of sp³-hybridized carbons (Fsp3) is 0.444. The first-order valence-corrected chi connectivity index (χ1v) is 4.80. The minimum absolute atomic E-state index is 0.0447. The van der Waals surface area contributed by atoms with Gasteiger partial charge in [-0.3, -0.25) is 0 Å². The molecule has 1 aliphatic rings. The molecule has 76 valence electrons. The van der Waals surface area contributed by atoms with Crippen molar-refractivity contribution in [1.29, 1.82) is 0 Å². The summed E-state index contributed by atoms with van der Waals surface area (Å²) in [4.78, 5) is 4.00. The molecule has 1 aliphatic heterocycles. The molecule has 0 aromatic carbocycles. The van der Waals surface area contributed by atoms with E-state index in [0.29, 0.717) is 23.3 Å². The summed E-state index contributed by atoms with van der Waals surface area (Å²) in [5, 5.41) is 0.383. The maximum atomic E-state index is 5.72. The second kappa shape index (κ2) is 4.02. The van der Waals surface area contributed by atoms with Gasteiger partial charge in [0.25, 0.3) is 0 Å². The van der Waals surface area contributed by atoms with Crippen LogP contribution in [0.4, 0.5) is 5.69 Å². The number of hydrogen-bond acceptors (Lipinski definition) is 4. The van der Waals surface area contributed by atoms with Crippen LogP contribution in [0.5, 0.6) is 5.88 Å². The van der Waals surface area contributed by atoms with E-state index < -0.39 is 0 Å². The van der Waals surface area contributed by atoms with Crippen LogP contribution in [0, 0.1) is 0 Å². The predicted molar refractivity (Wildman–Crippen MR) is 53.5 cm³/mol. The third-order valence-corrected chi connectivity index (χ3v) is 2.23. The van der Waals surface area contributed by atoms with Crippen LogP contribution in [0.15, 0.2) is 12.1 Å². The number of halogens is 1. The van der Waals surface area contributed by atoms with Crippen molar-refractivity contribution in [2.45, 2.75) is 12.5 Å². The molecule has 0 spiro atoms. The summed E-state index contributed by atoms with van der Waals surface area (Å²) in [5.74, 6) is 0.396. The van der Waals surface area contributed by atoms with Crippen LogP contribution in [-0.2, 0) is 4.74 Å². The molecule has 1 unspecified atom stereocenters. The number of hydrogen-bond donors (Lipinski definition) is 1. The van der Waals surface area contributed by atoms with Gasteiger partial charge in [0.05, 0.1) is 18.9 Å². The average Bonchev–Trinajstić information content (AvgIpc) is 2.64. The summed E-state index contributed by atoms with van der Waals surface area (Å²) in [6.07, 6.45) is 0.913. The second-order valence-corrected chi connectivity index (χ2v) is 3.52. The van der Waals surface area contributed by atoms with Crippen molar-refractivity contribution in [3.05, 3.63) is 17.3 Å². The average molecular weight is 215 g/mol. The van der Waals surface area contributed by atoms with Gasteiger partial charge in [0.15, 0.2) is 0 Å². The van der Waals surface area contributed by atoms with Crippen LogP contribution >= 0.6 is 11.6 Å². The quantitative estimate of drug-likeness (QED) is 0.758. The van der Waals surface area contributed by atoms with Crippen molar-refractivity contribution in [3.8, 4) is 5.88 Å². The number of nitrogens with zero attached hydrogens (tertiary/aromatic N) is 1. The van der Waals surface area contributed by atoms with E-state index >= 15 is 0 Å². The molecule has 2 N–H and O–H groups in total. The van der Waals surface area contributed by atoms with Crippen molar-refractivity contribution < 1.29 is 9.47 Å². The highest BCUT2D eigenvalue weighted by Gasteiger charge is 2.18. The Kier molecular flexibility index (Phi) is 2.74.